The smallest absolute Gasteiger partial charge is 0.364 e. The van der Waals surface area contributed by atoms with E-state index in [1.54, 1.807) is 31.4 Å². The van der Waals surface area contributed by atoms with Gasteiger partial charge in [0.15, 0.2) is 0 Å². The van der Waals surface area contributed by atoms with Gasteiger partial charge in [-0.2, -0.15) is 0 Å². The predicted molar refractivity (Wildman–Crippen MR) is 144 cm³/mol. The van der Waals surface area contributed by atoms with Crippen LogP contribution in [-0.2, 0) is 35.0 Å². The minimum Gasteiger partial charge on any atom is -0.477 e. The first kappa shape index (κ1) is 34.1. The molecule has 13 heteroatoms. The van der Waals surface area contributed by atoms with Crippen molar-refractivity contribution in [2.75, 3.05) is 33.5 Å². The summed E-state index contributed by atoms with van der Waals surface area (Å²) in [6.45, 7) is -0.848. The van der Waals surface area contributed by atoms with Crippen molar-refractivity contribution in [3.8, 4) is 12.3 Å². The van der Waals surface area contributed by atoms with E-state index in [0.29, 0.717) is 24.2 Å². The molecule has 13 nitrogen and oxygen atoms in total. The molecular formula is C28H40N2O11. The molecule has 1 aliphatic rings. The fourth-order valence-electron chi connectivity index (χ4n) is 4.41. The maximum Gasteiger partial charge on any atom is 0.364 e. The van der Waals surface area contributed by atoms with Crippen molar-refractivity contribution in [3.05, 3.63) is 35.4 Å². The number of aliphatic hydroxyl groups is 4. The number of methoxy groups -OCH3 is 1. The fraction of sp³-hybridized carbons (Fsp3) is 0.607. The Morgan fingerprint density at radius 1 is 1.12 bits per heavy atom. The Kier molecular flexibility index (Phi) is 14.1. The third kappa shape index (κ3) is 10.4. The van der Waals surface area contributed by atoms with Crippen molar-refractivity contribution in [1.29, 1.82) is 0 Å². The summed E-state index contributed by atoms with van der Waals surface area (Å²) in [5, 5.41) is 56.3. The summed E-state index contributed by atoms with van der Waals surface area (Å²) in [6, 6.07) is 5.29. The number of carbonyl (C=O) groups is 3. The molecule has 1 saturated heterocycles. The zero-order valence-corrected chi connectivity index (χ0v) is 23.0. The molecule has 228 valence electrons. The van der Waals surface area contributed by atoms with Gasteiger partial charge in [0, 0.05) is 32.2 Å². The van der Waals surface area contributed by atoms with Crippen LogP contribution in [0.3, 0.4) is 0 Å². The highest BCUT2D eigenvalue weighted by Gasteiger charge is 2.55. The Morgan fingerprint density at radius 3 is 2.37 bits per heavy atom. The van der Waals surface area contributed by atoms with Crippen LogP contribution in [0.1, 0.15) is 43.2 Å². The van der Waals surface area contributed by atoms with Crippen LogP contribution in [0.25, 0.3) is 0 Å². The zero-order valence-electron chi connectivity index (χ0n) is 23.0. The van der Waals surface area contributed by atoms with Gasteiger partial charge >= 0.3 is 5.97 Å². The number of carbonyl (C=O) groups excluding carboxylic acids is 2. The predicted octanol–water partition coefficient (Wildman–Crippen LogP) is -1.32. The van der Waals surface area contributed by atoms with Crippen molar-refractivity contribution < 1.29 is 54.1 Å². The first-order valence-corrected chi connectivity index (χ1v) is 13.4. The highest BCUT2D eigenvalue weighted by atomic mass is 16.7. The average Bonchev–Trinajstić information content (AvgIpc) is 2.96. The van der Waals surface area contributed by atoms with E-state index >= 15 is 0 Å². The standard InChI is InChI=1S/C28H40N2O11/c1-3-18-8-10-19(11-9-18)14-22(34)29-16-21(33)25(36)26-24(30-23(35)17-31)20(32)15-28(41-26,27(37)38)40-13-7-5-4-6-12-39-2/h1,8-11,20-21,24-26,31-33,36H,4-7,12-17H2,2H3,(H,29,34)(H,30,35)(H,37,38)/t20-,21+,24+,25+,26+,28+/m0/s1. The third-order valence-electron chi connectivity index (χ3n) is 6.67. The Balaban J connectivity index is 2.09. The van der Waals surface area contributed by atoms with Crippen molar-refractivity contribution in [2.24, 2.45) is 0 Å². The lowest BCUT2D eigenvalue weighted by Gasteiger charge is -2.46. The van der Waals surface area contributed by atoms with Gasteiger partial charge in [-0.05, 0) is 30.5 Å². The molecule has 1 aromatic carbocycles. The maximum absolute atomic E-state index is 12.4. The molecule has 0 spiro atoms. The molecule has 1 heterocycles. The van der Waals surface area contributed by atoms with E-state index in [2.05, 4.69) is 16.6 Å². The van der Waals surface area contributed by atoms with E-state index in [9.17, 15) is 34.8 Å². The number of terminal acetylenes is 1. The molecule has 1 aromatic rings. The number of ether oxygens (including phenoxy) is 3. The van der Waals surface area contributed by atoms with E-state index in [4.69, 9.17) is 25.7 Å². The van der Waals surface area contributed by atoms with Crippen LogP contribution in [0.2, 0.25) is 0 Å². The lowest BCUT2D eigenvalue weighted by molar-refractivity contribution is -0.310. The first-order chi connectivity index (χ1) is 19.6. The van der Waals surface area contributed by atoms with Gasteiger partial charge in [0.25, 0.3) is 5.79 Å². The van der Waals surface area contributed by atoms with Crippen molar-refractivity contribution in [1.82, 2.24) is 10.6 Å². The van der Waals surface area contributed by atoms with Crippen LogP contribution in [0, 0.1) is 12.3 Å². The summed E-state index contributed by atoms with van der Waals surface area (Å²) in [6.07, 6.45) is 0.668. The molecule has 6 atom stereocenters. The topological polar surface area (TPSA) is 204 Å². The Bertz CT molecular complexity index is 1030. The molecule has 0 unspecified atom stereocenters. The van der Waals surface area contributed by atoms with Crippen LogP contribution in [0.5, 0.6) is 0 Å². The minimum absolute atomic E-state index is 0.0383. The van der Waals surface area contributed by atoms with E-state index < -0.39 is 73.6 Å². The molecule has 0 saturated carbocycles. The number of hydrogen-bond acceptors (Lipinski definition) is 10. The minimum atomic E-state index is -2.38. The van der Waals surface area contributed by atoms with Gasteiger partial charge in [0.05, 0.1) is 31.3 Å². The van der Waals surface area contributed by atoms with E-state index in [0.717, 1.165) is 19.3 Å². The van der Waals surface area contributed by atoms with Crippen LogP contribution < -0.4 is 10.6 Å². The number of amides is 2. The molecule has 1 fully saturated rings. The van der Waals surface area contributed by atoms with Crippen LogP contribution in [-0.4, -0.2) is 113 Å². The van der Waals surface area contributed by atoms with Crippen LogP contribution in [0.15, 0.2) is 24.3 Å². The number of aliphatic carboxylic acids is 1. The van der Waals surface area contributed by atoms with Gasteiger partial charge < -0.3 is 50.4 Å². The molecule has 2 amide bonds. The third-order valence-corrected chi connectivity index (χ3v) is 6.67. The van der Waals surface area contributed by atoms with Crippen molar-refractivity contribution in [3.63, 3.8) is 0 Å². The summed E-state index contributed by atoms with van der Waals surface area (Å²) in [5.41, 5.74) is 1.30. The second-order valence-corrected chi connectivity index (χ2v) is 9.80. The Labute approximate surface area is 238 Å². The van der Waals surface area contributed by atoms with Crippen molar-refractivity contribution >= 4 is 17.8 Å². The number of carboxylic acid groups (broad SMARTS) is 1. The summed E-state index contributed by atoms with van der Waals surface area (Å²) < 4.78 is 16.3. The highest BCUT2D eigenvalue weighted by Crippen LogP contribution is 2.33. The summed E-state index contributed by atoms with van der Waals surface area (Å²) >= 11 is 0. The molecule has 0 aliphatic carbocycles. The van der Waals surface area contributed by atoms with Crippen molar-refractivity contribution in [2.45, 2.75) is 74.8 Å². The van der Waals surface area contributed by atoms with Gasteiger partial charge in [-0.3, -0.25) is 9.59 Å². The summed E-state index contributed by atoms with van der Waals surface area (Å²) in [7, 11) is 1.60. The Hall–Kier alpha value is -3.09. The fourth-order valence-corrected chi connectivity index (χ4v) is 4.41. The van der Waals surface area contributed by atoms with Gasteiger partial charge in [-0.15, -0.1) is 6.42 Å². The molecule has 0 aromatic heterocycles. The second kappa shape index (κ2) is 17.0. The molecule has 0 bridgehead atoms. The summed E-state index contributed by atoms with van der Waals surface area (Å²) in [5.74, 6) is -2.89. The monoisotopic (exact) mass is 580 g/mol. The summed E-state index contributed by atoms with van der Waals surface area (Å²) in [4.78, 5) is 36.6. The van der Waals surface area contributed by atoms with Gasteiger partial charge in [-0.1, -0.05) is 30.9 Å². The van der Waals surface area contributed by atoms with Gasteiger partial charge in [-0.25, -0.2) is 4.79 Å². The molecule has 0 radical (unpaired) electrons. The lowest BCUT2D eigenvalue weighted by atomic mass is 9.88. The lowest BCUT2D eigenvalue weighted by Crippen LogP contribution is -2.68. The van der Waals surface area contributed by atoms with E-state index in [1.807, 2.05) is 0 Å². The average molecular weight is 581 g/mol. The van der Waals surface area contributed by atoms with Crippen LogP contribution >= 0.6 is 0 Å². The number of benzene rings is 1. The number of rotatable bonds is 17. The molecular weight excluding hydrogens is 540 g/mol. The maximum atomic E-state index is 12.4. The van der Waals surface area contributed by atoms with Gasteiger partial charge in [0.2, 0.25) is 11.8 Å². The number of aliphatic hydroxyl groups excluding tert-OH is 4. The molecule has 2 rings (SSSR count). The number of carboxylic acids is 1. The second-order valence-electron chi connectivity index (χ2n) is 9.80. The highest BCUT2D eigenvalue weighted by molar-refractivity contribution is 5.79. The van der Waals surface area contributed by atoms with E-state index in [1.165, 1.54) is 0 Å². The Morgan fingerprint density at radius 2 is 1.78 bits per heavy atom. The van der Waals surface area contributed by atoms with E-state index in [-0.39, 0.29) is 13.0 Å². The first-order valence-electron chi connectivity index (χ1n) is 13.4. The van der Waals surface area contributed by atoms with Crippen LogP contribution in [0.4, 0.5) is 0 Å². The molecule has 1 aliphatic heterocycles. The zero-order chi connectivity index (χ0) is 30.4. The quantitative estimate of drug-likeness (QED) is 0.0850. The SMILES string of the molecule is C#Cc1ccc(CC(=O)NC[C@@H](O)[C@@H](O)[C@@H]2O[C@@](OCCCCCCOC)(C(=O)O)C[C@H](O)[C@H]2NC(=O)CO)cc1. The number of unbranched alkanes of at least 4 members (excludes halogenated alkanes) is 3. The number of hydrogen-bond donors (Lipinski definition) is 7. The largest absolute Gasteiger partial charge is 0.477 e. The number of nitrogens with one attached hydrogen (secondary N) is 2. The molecule has 41 heavy (non-hydrogen) atoms. The van der Waals surface area contributed by atoms with Gasteiger partial charge in [0.1, 0.15) is 18.8 Å². The normalized spacial score (nSPS) is 23.7. The molecule has 7 N–H and O–H groups in total.